The van der Waals surface area contributed by atoms with Crippen LogP contribution in [0.2, 0.25) is 0 Å². The number of hydrogen-bond acceptors (Lipinski definition) is 3. The molecule has 0 spiro atoms. The van der Waals surface area contributed by atoms with Gasteiger partial charge >= 0.3 is 0 Å². The van der Waals surface area contributed by atoms with Crippen LogP contribution in [0.15, 0.2) is 36.7 Å². The summed E-state index contributed by atoms with van der Waals surface area (Å²) in [7, 11) is 2.03. The first-order valence-electron chi connectivity index (χ1n) is 8.67. The number of amides is 1. The van der Waals surface area contributed by atoms with Gasteiger partial charge in [-0.15, -0.1) is 0 Å². The molecular formula is C20H22N4O. The molecule has 0 unspecified atom stereocenters. The maximum absolute atomic E-state index is 12.9. The van der Waals surface area contributed by atoms with E-state index in [9.17, 15) is 4.79 Å². The fourth-order valence-electron chi connectivity index (χ4n) is 3.85. The number of likely N-dealkylation sites (tertiary alicyclic amines) is 1. The van der Waals surface area contributed by atoms with Crippen LogP contribution < -0.4 is 0 Å². The molecule has 0 bridgehead atoms. The van der Waals surface area contributed by atoms with Crippen molar-refractivity contribution >= 4 is 16.9 Å². The molecule has 1 aliphatic rings. The molecule has 0 saturated carbocycles. The van der Waals surface area contributed by atoms with Gasteiger partial charge in [0, 0.05) is 37.8 Å². The second-order valence-corrected chi connectivity index (χ2v) is 7.01. The monoisotopic (exact) mass is 334 g/mol. The van der Waals surface area contributed by atoms with E-state index in [1.807, 2.05) is 50.2 Å². The number of benzene rings is 1. The van der Waals surface area contributed by atoms with E-state index >= 15 is 0 Å². The van der Waals surface area contributed by atoms with Crippen molar-refractivity contribution in [2.45, 2.75) is 26.2 Å². The van der Waals surface area contributed by atoms with E-state index < -0.39 is 0 Å². The molecule has 1 aromatic carbocycles. The first-order valence-corrected chi connectivity index (χ1v) is 8.67. The summed E-state index contributed by atoms with van der Waals surface area (Å²) in [6, 6.07) is 7.98. The van der Waals surface area contributed by atoms with Crippen molar-refractivity contribution in [2.24, 2.45) is 7.05 Å². The third-order valence-corrected chi connectivity index (χ3v) is 5.03. The molecule has 4 rings (SSSR count). The van der Waals surface area contributed by atoms with Crippen LogP contribution in [0.5, 0.6) is 0 Å². The quantitative estimate of drug-likeness (QED) is 0.723. The summed E-state index contributed by atoms with van der Waals surface area (Å²) in [6.07, 6.45) is 4.56. The molecule has 5 heteroatoms. The molecule has 0 aliphatic carbocycles. The van der Waals surface area contributed by atoms with Crippen LogP contribution in [-0.4, -0.2) is 38.4 Å². The van der Waals surface area contributed by atoms with E-state index in [1.165, 1.54) is 0 Å². The van der Waals surface area contributed by atoms with Gasteiger partial charge in [0.1, 0.15) is 5.82 Å². The summed E-state index contributed by atoms with van der Waals surface area (Å²) >= 11 is 0. The molecule has 1 saturated heterocycles. The highest BCUT2D eigenvalue weighted by atomic mass is 16.2. The number of carbonyl (C=O) groups excluding carboxylic acids is 1. The number of carbonyl (C=O) groups is 1. The molecule has 2 aromatic heterocycles. The number of nitrogens with zero attached hydrogens (tertiary/aromatic N) is 4. The lowest BCUT2D eigenvalue weighted by Crippen LogP contribution is -2.28. The van der Waals surface area contributed by atoms with E-state index in [4.69, 9.17) is 4.98 Å². The Morgan fingerprint density at radius 2 is 1.96 bits per heavy atom. The Hall–Kier alpha value is -2.69. The average Bonchev–Trinajstić information content (AvgIpc) is 3.19. The summed E-state index contributed by atoms with van der Waals surface area (Å²) < 4.78 is 2.11. The van der Waals surface area contributed by atoms with Gasteiger partial charge in [-0.3, -0.25) is 9.78 Å². The number of fused-ring (bicyclic) bond motifs is 1. The number of aryl methyl sites for hydroxylation is 3. The van der Waals surface area contributed by atoms with Gasteiger partial charge in [-0.25, -0.2) is 4.98 Å². The van der Waals surface area contributed by atoms with Crippen LogP contribution in [0.4, 0.5) is 0 Å². The molecular weight excluding hydrogens is 312 g/mol. The third kappa shape index (κ3) is 2.80. The first kappa shape index (κ1) is 15.8. The second-order valence-electron chi connectivity index (χ2n) is 7.01. The van der Waals surface area contributed by atoms with Gasteiger partial charge in [-0.1, -0.05) is 17.2 Å². The van der Waals surface area contributed by atoms with E-state index in [2.05, 4.69) is 15.6 Å². The molecule has 25 heavy (non-hydrogen) atoms. The smallest absolute Gasteiger partial charge is 0.253 e. The minimum Gasteiger partial charge on any atom is -0.338 e. The zero-order valence-corrected chi connectivity index (χ0v) is 14.9. The van der Waals surface area contributed by atoms with Crippen molar-refractivity contribution < 1.29 is 4.79 Å². The summed E-state index contributed by atoms with van der Waals surface area (Å²) in [6.45, 7) is 5.56. The Bertz CT molecular complexity index is 939. The molecule has 1 atom stereocenters. The first-order chi connectivity index (χ1) is 12.0. The number of aromatic nitrogens is 3. The molecule has 0 radical (unpaired) electrons. The van der Waals surface area contributed by atoms with Gasteiger partial charge in [-0.05, 0) is 38.5 Å². The zero-order valence-electron chi connectivity index (χ0n) is 14.9. The predicted molar refractivity (Wildman–Crippen MR) is 97.7 cm³/mol. The maximum atomic E-state index is 12.9. The highest BCUT2D eigenvalue weighted by Gasteiger charge is 2.31. The number of hydrogen-bond donors (Lipinski definition) is 0. The van der Waals surface area contributed by atoms with Gasteiger partial charge in [0.25, 0.3) is 5.91 Å². The summed E-state index contributed by atoms with van der Waals surface area (Å²) in [5, 5.41) is 0. The Labute approximate surface area is 147 Å². The van der Waals surface area contributed by atoms with Crippen molar-refractivity contribution in [3.05, 3.63) is 59.2 Å². The van der Waals surface area contributed by atoms with E-state index in [1.54, 1.807) is 6.20 Å². The van der Waals surface area contributed by atoms with Crippen molar-refractivity contribution in [3.63, 3.8) is 0 Å². The van der Waals surface area contributed by atoms with Crippen LogP contribution in [-0.2, 0) is 7.05 Å². The van der Waals surface area contributed by atoms with Crippen molar-refractivity contribution in [1.82, 2.24) is 19.4 Å². The van der Waals surface area contributed by atoms with Crippen LogP contribution in [0, 0.1) is 13.8 Å². The highest BCUT2D eigenvalue weighted by Crippen LogP contribution is 2.29. The van der Waals surface area contributed by atoms with Gasteiger partial charge in [0.05, 0.1) is 17.2 Å². The fraction of sp³-hybridized carbons (Fsp3) is 0.350. The molecule has 3 aromatic rings. The van der Waals surface area contributed by atoms with E-state index in [-0.39, 0.29) is 11.8 Å². The van der Waals surface area contributed by atoms with E-state index in [0.717, 1.165) is 53.1 Å². The molecule has 1 aliphatic heterocycles. The lowest BCUT2D eigenvalue weighted by atomic mass is 10.1. The van der Waals surface area contributed by atoms with Crippen molar-refractivity contribution in [2.75, 3.05) is 13.1 Å². The average molecular weight is 334 g/mol. The summed E-state index contributed by atoms with van der Waals surface area (Å²) in [5.74, 6) is 1.43. The second kappa shape index (κ2) is 5.99. The Morgan fingerprint density at radius 3 is 2.68 bits per heavy atom. The van der Waals surface area contributed by atoms with Gasteiger partial charge in [0.2, 0.25) is 0 Å². The topological polar surface area (TPSA) is 51.0 Å². The highest BCUT2D eigenvalue weighted by molar-refractivity contribution is 5.94. The van der Waals surface area contributed by atoms with Gasteiger partial charge in [-0.2, -0.15) is 0 Å². The molecule has 1 amide bonds. The number of imidazole rings is 1. The third-order valence-electron chi connectivity index (χ3n) is 5.03. The van der Waals surface area contributed by atoms with Crippen LogP contribution in [0.3, 0.4) is 0 Å². The van der Waals surface area contributed by atoms with Crippen molar-refractivity contribution in [3.8, 4) is 0 Å². The zero-order chi connectivity index (χ0) is 17.6. The van der Waals surface area contributed by atoms with Crippen LogP contribution in [0.1, 0.15) is 39.6 Å². The maximum Gasteiger partial charge on any atom is 0.253 e. The summed E-state index contributed by atoms with van der Waals surface area (Å²) in [4.78, 5) is 23.8. The molecule has 128 valence electrons. The Kier molecular flexibility index (Phi) is 3.79. The van der Waals surface area contributed by atoms with Gasteiger partial charge < -0.3 is 9.47 Å². The minimum atomic E-state index is 0.120. The minimum absolute atomic E-state index is 0.120. The number of pyridine rings is 1. The number of rotatable bonds is 2. The standard InChI is InChI=1S/C20H22N4O/c1-13-8-14(2)10-16(9-13)20(25)24-7-5-15(12-24)19-22-17-4-6-21-11-18(17)23(19)3/h4,6,8-11,15H,5,7,12H2,1-3H3/t15-/m0/s1. The SMILES string of the molecule is Cc1cc(C)cc(C(=O)N2CC[C@H](c3nc4ccncc4n3C)C2)c1. The lowest BCUT2D eigenvalue weighted by Gasteiger charge is -2.17. The molecule has 1 fully saturated rings. The normalized spacial score (nSPS) is 17.4. The summed E-state index contributed by atoms with van der Waals surface area (Å²) in [5.41, 5.74) is 5.04. The fourth-order valence-corrected chi connectivity index (χ4v) is 3.85. The lowest BCUT2D eigenvalue weighted by molar-refractivity contribution is 0.0790. The van der Waals surface area contributed by atoms with Gasteiger partial charge in [0.15, 0.2) is 0 Å². The Morgan fingerprint density at radius 1 is 1.20 bits per heavy atom. The molecule has 5 nitrogen and oxygen atoms in total. The van der Waals surface area contributed by atoms with Crippen LogP contribution in [0.25, 0.3) is 11.0 Å². The largest absolute Gasteiger partial charge is 0.338 e. The van der Waals surface area contributed by atoms with E-state index in [0.29, 0.717) is 0 Å². The molecule has 3 heterocycles. The predicted octanol–water partition coefficient (Wildman–Crippen LogP) is 3.21. The Balaban J connectivity index is 1.58. The van der Waals surface area contributed by atoms with Crippen molar-refractivity contribution in [1.29, 1.82) is 0 Å². The van der Waals surface area contributed by atoms with Crippen LogP contribution >= 0.6 is 0 Å². The molecule has 0 N–H and O–H groups in total.